The van der Waals surface area contributed by atoms with E-state index in [0.29, 0.717) is 38.0 Å². The fourth-order valence-corrected chi connectivity index (χ4v) is 2.96. The van der Waals surface area contributed by atoms with Crippen molar-refractivity contribution in [2.24, 2.45) is 5.92 Å². The van der Waals surface area contributed by atoms with E-state index in [1.54, 1.807) is 24.5 Å². The maximum absolute atomic E-state index is 12.9. The molecule has 0 atom stereocenters. The highest BCUT2D eigenvalue weighted by Crippen LogP contribution is 2.20. The molecule has 0 aliphatic carbocycles. The standard InChI is InChI=1S/C19H20FN3O2/c20-16-1-3-17(4-2-16)22-19(25)15-7-11-23(12-8-15)18(24)13-14-5-9-21-10-6-14/h1-6,9-10,15H,7-8,11-13H2,(H,22,25). The number of nitrogens with one attached hydrogen (secondary N) is 1. The van der Waals surface area contributed by atoms with Gasteiger partial charge in [0, 0.05) is 37.1 Å². The van der Waals surface area contributed by atoms with Gasteiger partial charge in [-0.05, 0) is 54.8 Å². The number of nitrogens with zero attached hydrogens (tertiary/aromatic N) is 2. The summed E-state index contributed by atoms with van der Waals surface area (Å²) in [7, 11) is 0. The summed E-state index contributed by atoms with van der Waals surface area (Å²) in [6.45, 7) is 1.15. The third-order valence-corrected chi connectivity index (χ3v) is 4.43. The Labute approximate surface area is 145 Å². The van der Waals surface area contributed by atoms with Gasteiger partial charge in [-0.25, -0.2) is 4.39 Å². The summed E-state index contributed by atoms with van der Waals surface area (Å²) < 4.78 is 12.9. The Morgan fingerprint density at radius 3 is 2.36 bits per heavy atom. The molecule has 1 aromatic carbocycles. The molecule has 2 heterocycles. The predicted molar refractivity (Wildman–Crippen MR) is 92.3 cm³/mol. The molecule has 2 aromatic rings. The first-order valence-electron chi connectivity index (χ1n) is 8.35. The van der Waals surface area contributed by atoms with Crippen LogP contribution in [0.5, 0.6) is 0 Å². The van der Waals surface area contributed by atoms with Gasteiger partial charge in [0.05, 0.1) is 6.42 Å². The number of carbonyl (C=O) groups is 2. The van der Waals surface area contributed by atoms with Crippen LogP contribution < -0.4 is 5.32 Å². The van der Waals surface area contributed by atoms with E-state index in [1.165, 1.54) is 12.1 Å². The number of aromatic nitrogens is 1. The number of rotatable bonds is 4. The minimum atomic E-state index is -0.334. The molecular weight excluding hydrogens is 321 g/mol. The summed E-state index contributed by atoms with van der Waals surface area (Å²) in [6, 6.07) is 9.38. The zero-order valence-electron chi connectivity index (χ0n) is 13.8. The molecule has 6 heteroatoms. The normalized spacial score (nSPS) is 15.0. The van der Waals surface area contributed by atoms with E-state index in [4.69, 9.17) is 0 Å². The number of piperidine rings is 1. The Bertz CT molecular complexity index is 726. The molecule has 1 saturated heterocycles. The molecule has 0 spiro atoms. The molecule has 25 heavy (non-hydrogen) atoms. The van der Waals surface area contributed by atoms with Crippen molar-refractivity contribution < 1.29 is 14.0 Å². The highest BCUT2D eigenvalue weighted by molar-refractivity contribution is 5.92. The van der Waals surface area contributed by atoms with Crippen molar-refractivity contribution >= 4 is 17.5 Å². The van der Waals surface area contributed by atoms with Crippen LogP contribution in [-0.4, -0.2) is 34.8 Å². The van der Waals surface area contributed by atoms with Crippen LogP contribution >= 0.6 is 0 Å². The smallest absolute Gasteiger partial charge is 0.227 e. The fraction of sp³-hybridized carbons (Fsp3) is 0.316. The number of anilines is 1. The average Bonchev–Trinajstić information content (AvgIpc) is 2.64. The van der Waals surface area contributed by atoms with E-state index < -0.39 is 0 Å². The van der Waals surface area contributed by atoms with Gasteiger partial charge < -0.3 is 10.2 Å². The largest absolute Gasteiger partial charge is 0.342 e. The Hall–Kier alpha value is -2.76. The van der Waals surface area contributed by atoms with Crippen molar-refractivity contribution in [2.75, 3.05) is 18.4 Å². The minimum Gasteiger partial charge on any atom is -0.342 e. The molecule has 1 aliphatic rings. The van der Waals surface area contributed by atoms with Crippen LogP contribution in [0.1, 0.15) is 18.4 Å². The van der Waals surface area contributed by atoms with Gasteiger partial charge in [-0.15, -0.1) is 0 Å². The third-order valence-electron chi connectivity index (χ3n) is 4.43. The Morgan fingerprint density at radius 1 is 1.08 bits per heavy atom. The molecule has 2 amide bonds. The van der Waals surface area contributed by atoms with E-state index >= 15 is 0 Å². The van der Waals surface area contributed by atoms with Crippen LogP contribution in [0.2, 0.25) is 0 Å². The maximum Gasteiger partial charge on any atom is 0.227 e. The number of pyridine rings is 1. The van der Waals surface area contributed by atoms with Crippen molar-refractivity contribution in [3.8, 4) is 0 Å². The Balaban J connectivity index is 1.48. The number of hydrogen-bond donors (Lipinski definition) is 1. The van der Waals surface area contributed by atoms with Gasteiger partial charge in [0.25, 0.3) is 0 Å². The molecule has 3 rings (SSSR count). The number of benzene rings is 1. The van der Waals surface area contributed by atoms with Crippen LogP contribution in [0.4, 0.5) is 10.1 Å². The second-order valence-corrected chi connectivity index (χ2v) is 6.18. The minimum absolute atomic E-state index is 0.0728. The first kappa shape index (κ1) is 17.1. The van der Waals surface area contributed by atoms with Gasteiger partial charge in [-0.1, -0.05) is 0 Å². The van der Waals surface area contributed by atoms with Gasteiger partial charge in [0.1, 0.15) is 5.82 Å². The molecule has 1 aromatic heterocycles. The molecule has 0 saturated carbocycles. The predicted octanol–water partition coefficient (Wildman–Crippen LogP) is 2.64. The lowest BCUT2D eigenvalue weighted by Gasteiger charge is -2.31. The average molecular weight is 341 g/mol. The van der Waals surface area contributed by atoms with Crippen LogP contribution in [0.25, 0.3) is 0 Å². The summed E-state index contributed by atoms with van der Waals surface area (Å²) in [5, 5.41) is 2.81. The maximum atomic E-state index is 12.9. The first-order chi connectivity index (χ1) is 12.1. The molecule has 130 valence electrons. The van der Waals surface area contributed by atoms with Crippen molar-refractivity contribution in [3.05, 3.63) is 60.2 Å². The van der Waals surface area contributed by atoms with Crippen LogP contribution in [0, 0.1) is 11.7 Å². The Kier molecular flexibility index (Phi) is 5.38. The summed E-state index contributed by atoms with van der Waals surface area (Å²) >= 11 is 0. The summed E-state index contributed by atoms with van der Waals surface area (Å²) in [6.07, 6.45) is 4.97. The van der Waals surface area contributed by atoms with E-state index in [9.17, 15) is 14.0 Å². The van der Waals surface area contributed by atoms with E-state index in [0.717, 1.165) is 5.56 Å². The lowest BCUT2D eigenvalue weighted by atomic mass is 9.95. The highest BCUT2D eigenvalue weighted by Gasteiger charge is 2.27. The molecule has 0 bridgehead atoms. The number of carbonyl (C=O) groups excluding carboxylic acids is 2. The summed E-state index contributed by atoms with van der Waals surface area (Å²) in [5.74, 6) is -0.467. The van der Waals surface area contributed by atoms with E-state index in [1.807, 2.05) is 17.0 Å². The molecule has 1 N–H and O–H groups in total. The lowest BCUT2D eigenvalue weighted by Crippen LogP contribution is -2.42. The van der Waals surface area contributed by atoms with Crippen molar-refractivity contribution in [1.82, 2.24) is 9.88 Å². The molecular formula is C19H20FN3O2. The van der Waals surface area contributed by atoms with Gasteiger partial charge in [0.2, 0.25) is 11.8 Å². The molecule has 5 nitrogen and oxygen atoms in total. The monoisotopic (exact) mass is 341 g/mol. The van der Waals surface area contributed by atoms with Gasteiger partial charge in [-0.3, -0.25) is 14.6 Å². The SMILES string of the molecule is O=C(Nc1ccc(F)cc1)C1CCN(C(=O)Cc2ccncc2)CC1. The fourth-order valence-electron chi connectivity index (χ4n) is 2.96. The van der Waals surface area contributed by atoms with Crippen molar-refractivity contribution in [1.29, 1.82) is 0 Å². The number of likely N-dealkylation sites (tertiary alicyclic amines) is 1. The zero-order valence-corrected chi connectivity index (χ0v) is 13.8. The molecule has 1 aliphatic heterocycles. The van der Waals surface area contributed by atoms with Gasteiger partial charge in [0.15, 0.2) is 0 Å². The van der Waals surface area contributed by atoms with Gasteiger partial charge in [-0.2, -0.15) is 0 Å². The van der Waals surface area contributed by atoms with E-state index in [-0.39, 0.29) is 23.5 Å². The van der Waals surface area contributed by atoms with Crippen molar-refractivity contribution in [3.63, 3.8) is 0 Å². The Morgan fingerprint density at radius 2 is 1.72 bits per heavy atom. The van der Waals surface area contributed by atoms with Crippen LogP contribution in [0.3, 0.4) is 0 Å². The lowest BCUT2D eigenvalue weighted by molar-refractivity contribution is -0.133. The van der Waals surface area contributed by atoms with E-state index in [2.05, 4.69) is 10.3 Å². The molecule has 0 unspecified atom stereocenters. The first-order valence-corrected chi connectivity index (χ1v) is 8.35. The highest BCUT2D eigenvalue weighted by atomic mass is 19.1. The van der Waals surface area contributed by atoms with Gasteiger partial charge >= 0.3 is 0 Å². The summed E-state index contributed by atoms with van der Waals surface area (Å²) in [5.41, 5.74) is 1.53. The van der Waals surface area contributed by atoms with Crippen molar-refractivity contribution in [2.45, 2.75) is 19.3 Å². The van der Waals surface area contributed by atoms with Crippen LogP contribution in [0.15, 0.2) is 48.8 Å². The summed E-state index contributed by atoms with van der Waals surface area (Å²) in [4.78, 5) is 30.4. The number of amides is 2. The quantitative estimate of drug-likeness (QED) is 0.930. The number of halogens is 1. The second kappa shape index (κ2) is 7.88. The molecule has 1 fully saturated rings. The number of hydrogen-bond acceptors (Lipinski definition) is 3. The zero-order chi connectivity index (χ0) is 17.6. The topological polar surface area (TPSA) is 62.3 Å². The van der Waals surface area contributed by atoms with Crippen LogP contribution in [-0.2, 0) is 16.0 Å². The molecule has 0 radical (unpaired) electrons. The third kappa shape index (κ3) is 4.62. The second-order valence-electron chi connectivity index (χ2n) is 6.18.